The molecule has 0 unspecified atom stereocenters. The molecule has 1 heterocycles. The average Bonchev–Trinajstić information content (AvgIpc) is 2.97. The minimum absolute atomic E-state index is 1.17. The highest BCUT2D eigenvalue weighted by Gasteiger charge is 2.15. The van der Waals surface area contributed by atoms with E-state index >= 15 is 0 Å². The summed E-state index contributed by atoms with van der Waals surface area (Å²) < 4.78 is 5.00. The van der Waals surface area contributed by atoms with Gasteiger partial charge in [0.15, 0.2) is 0 Å². The molecule has 0 radical (unpaired) electrons. The van der Waals surface area contributed by atoms with Gasteiger partial charge in [0.2, 0.25) is 0 Å². The van der Waals surface area contributed by atoms with Crippen LogP contribution in [0, 0.1) is 0 Å². The molecule has 0 saturated carbocycles. The van der Waals surface area contributed by atoms with Crippen molar-refractivity contribution < 1.29 is 4.57 Å². The van der Waals surface area contributed by atoms with Gasteiger partial charge in [0, 0.05) is 6.42 Å². The molecule has 0 bridgehead atoms. The molecule has 0 atom stereocenters. The number of aromatic nitrogens is 2. The lowest BCUT2D eigenvalue weighted by atomic mass is 10.1. The van der Waals surface area contributed by atoms with E-state index in [1.165, 1.54) is 103 Å². The number of hydrogen-bond donors (Lipinski definition) is 0. The van der Waals surface area contributed by atoms with Crippen molar-refractivity contribution in [2.24, 2.45) is 0 Å². The molecular weight excluding hydrogens is 292 g/mol. The van der Waals surface area contributed by atoms with E-state index in [0.29, 0.717) is 0 Å². The quantitative estimate of drug-likeness (QED) is 0.242. The summed E-state index contributed by atoms with van der Waals surface area (Å²) in [7, 11) is 0. The zero-order valence-corrected chi connectivity index (χ0v) is 16.9. The monoisotopic (exact) mass is 335 g/mol. The summed E-state index contributed by atoms with van der Waals surface area (Å²) in [6, 6.07) is 0. The Hall–Kier alpha value is -0.790. The van der Waals surface area contributed by atoms with Crippen LogP contribution in [-0.4, -0.2) is 4.57 Å². The molecule has 1 rings (SSSR count). The number of aryl methyl sites for hydroxylation is 2. The van der Waals surface area contributed by atoms with Crippen LogP contribution in [0.15, 0.2) is 12.4 Å². The van der Waals surface area contributed by atoms with E-state index < -0.39 is 0 Å². The van der Waals surface area contributed by atoms with Gasteiger partial charge in [-0.1, -0.05) is 78.6 Å². The maximum Gasteiger partial charge on any atom is 0.256 e. The summed E-state index contributed by atoms with van der Waals surface area (Å²) >= 11 is 0. The lowest BCUT2D eigenvalue weighted by Crippen LogP contribution is -2.37. The third kappa shape index (κ3) is 8.89. The molecule has 0 aromatic carbocycles. The molecule has 0 spiro atoms. The molecule has 0 aliphatic heterocycles. The van der Waals surface area contributed by atoms with Crippen molar-refractivity contribution in [3.8, 4) is 0 Å². The predicted molar refractivity (Wildman–Crippen MR) is 105 cm³/mol. The van der Waals surface area contributed by atoms with Gasteiger partial charge >= 0.3 is 0 Å². The van der Waals surface area contributed by atoms with E-state index in [9.17, 15) is 0 Å². The minimum atomic E-state index is 1.17. The van der Waals surface area contributed by atoms with Gasteiger partial charge in [-0.3, -0.25) is 0 Å². The first kappa shape index (κ1) is 21.3. The van der Waals surface area contributed by atoms with Gasteiger partial charge in [-0.2, -0.15) is 0 Å². The zero-order chi connectivity index (χ0) is 17.5. The fraction of sp³-hybridized carbons (Fsp3) is 0.864. The van der Waals surface area contributed by atoms with Crippen molar-refractivity contribution in [3.05, 3.63) is 18.2 Å². The topological polar surface area (TPSA) is 8.81 Å². The van der Waals surface area contributed by atoms with E-state index in [-0.39, 0.29) is 0 Å². The Morgan fingerprint density at radius 1 is 0.708 bits per heavy atom. The number of rotatable bonds is 16. The van der Waals surface area contributed by atoms with Crippen molar-refractivity contribution in [2.75, 3.05) is 0 Å². The molecule has 0 aliphatic carbocycles. The van der Waals surface area contributed by atoms with Gasteiger partial charge in [-0.15, -0.1) is 0 Å². The highest BCUT2D eigenvalue weighted by Crippen LogP contribution is 2.11. The third-order valence-electron chi connectivity index (χ3n) is 5.06. The standard InChI is InChI=1S/C22H43N2/c1-4-7-9-10-11-12-13-14-15-16-19-24-21-20-23(18-6-3)22(24)17-8-5-2/h20-21H,4-19H2,1-3H3/q+1. The molecule has 1 aromatic heterocycles. The van der Waals surface area contributed by atoms with Crippen molar-refractivity contribution in [2.45, 2.75) is 124 Å². The van der Waals surface area contributed by atoms with Crippen molar-refractivity contribution in [1.29, 1.82) is 0 Å². The predicted octanol–water partition coefficient (Wildman–Crippen LogP) is 6.45. The smallest absolute Gasteiger partial charge is 0.234 e. The number of hydrogen-bond acceptors (Lipinski definition) is 0. The van der Waals surface area contributed by atoms with Crippen LogP contribution in [0.25, 0.3) is 0 Å². The second-order valence-corrected chi connectivity index (χ2v) is 7.39. The first-order valence-corrected chi connectivity index (χ1v) is 10.9. The fourth-order valence-corrected chi connectivity index (χ4v) is 3.54. The highest BCUT2D eigenvalue weighted by atomic mass is 15.1. The van der Waals surface area contributed by atoms with Crippen molar-refractivity contribution >= 4 is 0 Å². The molecule has 0 saturated heterocycles. The van der Waals surface area contributed by atoms with Crippen LogP contribution in [0.1, 0.15) is 110 Å². The number of imidazole rings is 1. The third-order valence-corrected chi connectivity index (χ3v) is 5.06. The van der Waals surface area contributed by atoms with Crippen LogP contribution < -0.4 is 4.57 Å². The molecule has 24 heavy (non-hydrogen) atoms. The second-order valence-electron chi connectivity index (χ2n) is 7.39. The van der Waals surface area contributed by atoms with Gasteiger partial charge < -0.3 is 0 Å². The largest absolute Gasteiger partial charge is 0.256 e. The average molecular weight is 336 g/mol. The highest BCUT2D eigenvalue weighted by molar-refractivity contribution is 4.84. The van der Waals surface area contributed by atoms with E-state index in [2.05, 4.69) is 42.3 Å². The van der Waals surface area contributed by atoms with Crippen molar-refractivity contribution in [1.82, 2.24) is 4.57 Å². The maximum absolute atomic E-state index is 2.52. The van der Waals surface area contributed by atoms with Gasteiger partial charge in [-0.05, 0) is 25.7 Å². The molecule has 0 aliphatic rings. The SMILES string of the molecule is CCCCCCCCCCCC[n+]1ccn(CCC)c1CCCC. The first-order chi connectivity index (χ1) is 11.8. The molecule has 0 fully saturated rings. The number of unbranched alkanes of at least 4 members (excludes halogenated alkanes) is 10. The summed E-state index contributed by atoms with van der Waals surface area (Å²) in [5.74, 6) is 1.55. The van der Waals surface area contributed by atoms with E-state index in [1.54, 1.807) is 5.82 Å². The van der Waals surface area contributed by atoms with Gasteiger partial charge in [0.05, 0.1) is 13.1 Å². The van der Waals surface area contributed by atoms with Crippen LogP contribution in [0.2, 0.25) is 0 Å². The zero-order valence-electron chi connectivity index (χ0n) is 16.9. The Bertz CT molecular complexity index is 395. The molecule has 0 N–H and O–H groups in total. The van der Waals surface area contributed by atoms with Crippen molar-refractivity contribution in [3.63, 3.8) is 0 Å². The van der Waals surface area contributed by atoms with E-state index in [4.69, 9.17) is 0 Å². The Labute approximate surface area is 151 Å². The van der Waals surface area contributed by atoms with Crippen LogP contribution in [0.4, 0.5) is 0 Å². The lowest BCUT2D eigenvalue weighted by Gasteiger charge is -2.05. The van der Waals surface area contributed by atoms with Gasteiger partial charge in [-0.25, -0.2) is 9.13 Å². The van der Waals surface area contributed by atoms with Crippen LogP contribution in [-0.2, 0) is 19.5 Å². The second kappa shape index (κ2) is 14.5. The van der Waals surface area contributed by atoms with Gasteiger partial charge in [0.1, 0.15) is 12.4 Å². The lowest BCUT2D eigenvalue weighted by molar-refractivity contribution is -0.704. The summed E-state index contributed by atoms with van der Waals surface area (Å²) in [4.78, 5) is 0. The first-order valence-electron chi connectivity index (χ1n) is 10.9. The Kier molecular flexibility index (Phi) is 12.9. The Morgan fingerprint density at radius 3 is 1.88 bits per heavy atom. The molecule has 1 aromatic rings. The van der Waals surface area contributed by atoms with Crippen LogP contribution in [0.5, 0.6) is 0 Å². The molecule has 140 valence electrons. The van der Waals surface area contributed by atoms with E-state index in [1.807, 2.05) is 0 Å². The number of nitrogens with zero attached hydrogens (tertiary/aromatic N) is 2. The molecular formula is C22H43N2+. The minimum Gasteiger partial charge on any atom is -0.234 e. The molecule has 2 nitrogen and oxygen atoms in total. The fourth-order valence-electron chi connectivity index (χ4n) is 3.54. The van der Waals surface area contributed by atoms with Crippen LogP contribution in [0.3, 0.4) is 0 Å². The van der Waals surface area contributed by atoms with Gasteiger partial charge in [0.25, 0.3) is 5.82 Å². The normalized spacial score (nSPS) is 11.3. The Balaban J connectivity index is 2.17. The van der Waals surface area contributed by atoms with Crippen LogP contribution >= 0.6 is 0 Å². The molecule has 2 heteroatoms. The Morgan fingerprint density at radius 2 is 1.29 bits per heavy atom. The summed E-state index contributed by atoms with van der Waals surface area (Å²) in [5.41, 5.74) is 0. The van der Waals surface area contributed by atoms with E-state index in [0.717, 1.165) is 0 Å². The molecule has 0 amide bonds. The summed E-state index contributed by atoms with van der Waals surface area (Å²) in [6.45, 7) is 9.24. The summed E-state index contributed by atoms with van der Waals surface area (Å²) in [5, 5.41) is 0. The summed E-state index contributed by atoms with van der Waals surface area (Å²) in [6.07, 6.45) is 23.9. The maximum atomic E-state index is 2.52.